The monoisotopic (exact) mass is 353 g/mol. The predicted octanol–water partition coefficient (Wildman–Crippen LogP) is 5.02. The Morgan fingerprint density at radius 1 is 1.20 bits per heavy atom. The molecule has 1 N–H and O–H groups in total. The van der Waals surface area contributed by atoms with Gasteiger partial charge in [-0.2, -0.15) is 0 Å². The van der Waals surface area contributed by atoms with Crippen molar-refractivity contribution in [3.8, 4) is 5.75 Å². The quantitative estimate of drug-likeness (QED) is 0.775. The number of alkyl halides is 3. The second-order valence-corrected chi connectivity index (χ2v) is 5.79. The largest absolute Gasteiger partial charge is 0.573 e. The molecule has 0 unspecified atom stereocenters. The summed E-state index contributed by atoms with van der Waals surface area (Å²) in [4.78, 5) is 0. The van der Waals surface area contributed by atoms with Gasteiger partial charge in [0.25, 0.3) is 0 Å². The maximum atomic E-state index is 12.2. The predicted molar refractivity (Wildman–Crippen MR) is 76.7 cm³/mol. The van der Waals surface area contributed by atoms with E-state index in [1.807, 2.05) is 0 Å². The highest BCUT2D eigenvalue weighted by Gasteiger charge is 2.32. The molecule has 2 nitrogen and oxygen atoms in total. The van der Waals surface area contributed by atoms with Gasteiger partial charge in [-0.3, -0.25) is 0 Å². The van der Waals surface area contributed by atoms with Gasteiger partial charge < -0.3 is 10.1 Å². The number of ether oxygens (including phenoxy) is 1. The van der Waals surface area contributed by atoms with Crippen molar-refractivity contribution in [2.24, 2.45) is 0 Å². The summed E-state index contributed by atoms with van der Waals surface area (Å²) in [5.74, 6) is -0.227. The average Bonchev–Trinajstić information content (AvgIpc) is 2.37. The third-order valence-corrected chi connectivity index (χ3v) is 4.12. The maximum Gasteiger partial charge on any atom is 0.573 e. The van der Waals surface area contributed by atoms with E-state index in [1.54, 1.807) is 12.1 Å². The molecule has 20 heavy (non-hydrogen) atoms. The zero-order valence-electron chi connectivity index (χ0n) is 11.8. The lowest BCUT2D eigenvalue weighted by molar-refractivity contribution is -0.274. The standard InChI is InChI=1S/C14H19BrF3NO/c1-4-13(3,5-2)19-9-10-6-7-12(11(15)8-10)20-14(16,17)18/h6-8,19H,4-5,9H2,1-3H3. The fourth-order valence-electron chi connectivity index (χ4n) is 1.68. The van der Waals surface area contributed by atoms with Crippen LogP contribution in [-0.4, -0.2) is 11.9 Å². The third kappa shape index (κ3) is 5.32. The van der Waals surface area contributed by atoms with Crippen LogP contribution in [0, 0.1) is 0 Å². The summed E-state index contributed by atoms with van der Waals surface area (Å²) in [6.45, 7) is 6.94. The van der Waals surface area contributed by atoms with Gasteiger partial charge in [0, 0.05) is 12.1 Å². The Morgan fingerprint density at radius 2 is 1.80 bits per heavy atom. The van der Waals surface area contributed by atoms with E-state index < -0.39 is 6.36 Å². The third-order valence-electron chi connectivity index (χ3n) is 3.50. The van der Waals surface area contributed by atoms with E-state index in [1.165, 1.54) is 6.07 Å². The smallest absolute Gasteiger partial charge is 0.405 e. The molecule has 1 aromatic carbocycles. The molecular weight excluding hydrogens is 335 g/mol. The molecule has 0 fully saturated rings. The Kier molecular flexibility index (Phi) is 5.89. The van der Waals surface area contributed by atoms with Gasteiger partial charge in [-0.05, 0) is 53.4 Å². The summed E-state index contributed by atoms with van der Waals surface area (Å²) in [7, 11) is 0. The van der Waals surface area contributed by atoms with Crippen LogP contribution in [0.15, 0.2) is 22.7 Å². The molecule has 0 bridgehead atoms. The molecule has 6 heteroatoms. The first kappa shape index (κ1) is 17.3. The number of rotatable bonds is 6. The number of hydrogen-bond donors (Lipinski definition) is 1. The Balaban J connectivity index is 2.73. The molecule has 0 aliphatic rings. The molecule has 1 rings (SSSR count). The van der Waals surface area contributed by atoms with Crippen LogP contribution in [0.1, 0.15) is 39.2 Å². The first-order chi connectivity index (χ1) is 9.19. The van der Waals surface area contributed by atoms with Crippen molar-refractivity contribution >= 4 is 15.9 Å². The molecule has 114 valence electrons. The van der Waals surface area contributed by atoms with E-state index in [4.69, 9.17) is 0 Å². The molecule has 0 saturated heterocycles. The summed E-state index contributed by atoms with van der Waals surface area (Å²) >= 11 is 3.10. The number of benzene rings is 1. The van der Waals surface area contributed by atoms with E-state index in [2.05, 4.69) is 46.8 Å². The van der Waals surface area contributed by atoms with Crippen molar-refractivity contribution in [1.29, 1.82) is 0 Å². The Labute approximate surface area is 125 Å². The van der Waals surface area contributed by atoms with Crippen LogP contribution in [0.3, 0.4) is 0 Å². The molecule has 0 spiro atoms. The van der Waals surface area contributed by atoms with Gasteiger partial charge in [-0.15, -0.1) is 13.2 Å². The van der Waals surface area contributed by atoms with E-state index in [0.29, 0.717) is 11.0 Å². The SMILES string of the molecule is CCC(C)(CC)NCc1ccc(OC(F)(F)F)c(Br)c1. The number of halogens is 4. The minimum absolute atomic E-state index is 0.0353. The van der Waals surface area contributed by atoms with Gasteiger partial charge in [0.2, 0.25) is 0 Å². The van der Waals surface area contributed by atoms with Gasteiger partial charge in [0.15, 0.2) is 0 Å². The lowest BCUT2D eigenvalue weighted by atomic mass is 9.95. The number of nitrogens with one attached hydrogen (secondary N) is 1. The minimum Gasteiger partial charge on any atom is -0.405 e. The minimum atomic E-state index is -4.68. The average molecular weight is 354 g/mol. The molecule has 0 aromatic heterocycles. The zero-order chi connectivity index (χ0) is 15.4. The van der Waals surface area contributed by atoms with Crippen LogP contribution in [0.4, 0.5) is 13.2 Å². The molecule has 0 saturated carbocycles. The van der Waals surface area contributed by atoms with Crippen molar-refractivity contribution in [3.05, 3.63) is 28.2 Å². The summed E-state index contributed by atoms with van der Waals surface area (Å²) in [5, 5.41) is 3.42. The van der Waals surface area contributed by atoms with Gasteiger partial charge in [-0.1, -0.05) is 19.9 Å². The number of hydrogen-bond acceptors (Lipinski definition) is 2. The molecule has 0 aliphatic carbocycles. The van der Waals surface area contributed by atoms with E-state index in [-0.39, 0.29) is 11.3 Å². The molecule has 0 amide bonds. The molecular formula is C14H19BrF3NO. The van der Waals surface area contributed by atoms with Gasteiger partial charge >= 0.3 is 6.36 Å². The molecule has 1 aromatic rings. The van der Waals surface area contributed by atoms with Crippen LogP contribution in [-0.2, 0) is 6.54 Å². The fraction of sp³-hybridized carbons (Fsp3) is 0.571. The summed E-state index contributed by atoms with van der Waals surface area (Å²) in [6, 6.07) is 4.59. The summed E-state index contributed by atoms with van der Waals surface area (Å²) in [5.41, 5.74) is 0.938. The second kappa shape index (κ2) is 6.80. The fourth-order valence-corrected chi connectivity index (χ4v) is 2.18. The van der Waals surface area contributed by atoms with E-state index >= 15 is 0 Å². The van der Waals surface area contributed by atoms with Crippen molar-refractivity contribution in [2.75, 3.05) is 0 Å². The van der Waals surface area contributed by atoms with Crippen LogP contribution in [0.5, 0.6) is 5.75 Å². The van der Waals surface area contributed by atoms with Crippen molar-refractivity contribution < 1.29 is 17.9 Å². The highest BCUT2D eigenvalue weighted by molar-refractivity contribution is 9.10. The molecule has 0 aliphatic heterocycles. The summed E-state index contributed by atoms with van der Waals surface area (Å²) in [6.07, 6.45) is -2.70. The summed E-state index contributed by atoms with van der Waals surface area (Å²) < 4.78 is 40.7. The van der Waals surface area contributed by atoms with Crippen LogP contribution < -0.4 is 10.1 Å². The second-order valence-electron chi connectivity index (χ2n) is 4.93. The van der Waals surface area contributed by atoms with Crippen molar-refractivity contribution in [3.63, 3.8) is 0 Å². The van der Waals surface area contributed by atoms with Crippen molar-refractivity contribution in [1.82, 2.24) is 5.32 Å². The first-order valence-corrected chi connectivity index (χ1v) is 7.27. The Bertz CT molecular complexity index is 445. The zero-order valence-corrected chi connectivity index (χ0v) is 13.4. The molecule has 0 heterocycles. The highest BCUT2D eigenvalue weighted by Crippen LogP contribution is 2.31. The Morgan fingerprint density at radius 3 is 2.25 bits per heavy atom. The van der Waals surface area contributed by atoms with E-state index in [9.17, 15) is 13.2 Å². The van der Waals surface area contributed by atoms with Crippen molar-refractivity contribution in [2.45, 2.75) is 52.1 Å². The van der Waals surface area contributed by atoms with Crippen LogP contribution >= 0.6 is 15.9 Å². The van der Waals surface area contributed by atoms with Gasteiger partial charge in [0.1, 0.15) is 5.75 Å². The normalized spacial score (nSPS) is 12.6. The lowest BCUT2D eigenvalue weighted by Gasteiger charge is -2.28. The van der Waals surface area contributed by atoms with Gasteiger partial charge in [-0.25, -0.2) is 0 Å². The lowest BCUT2D eigenvalue weighted by Crippen LogP contribution is -2.40. The Hall–Kier alpha value is -0.750. The first-order valence-electron chi connectivity index (χ1n) is 6.48. The molecule has 0 radical (unpaired) electrons. The van der Waals surface area contributed by atoms with Gasteiger partial charge in [0.05, 0.1) is 4.47 Å². The highest BCUT2D eigenvalue weighted by atomic mass is 79.9. The van der Waals surface area contributed by atoms with E-state index in [0.717, 1.165) is 18.4 Å². The van der Waals surface area contributed by atoms with Crippen LogP contribution in [0.25, 0.3) is 0 Å². The topological polar surface area (TPSA) is 21.3 Å². The maximum absolute atomic E-state index is 12.2. The molecule has 0 atom stereocenters. The van der Waals surface area contributed by atoms with Crippen LogP contribution in [0.2, 0.25) is 0 Å².